The molecule has 1 aromatic rings. The molecule has 0 aromatic heterocycles. The molecule has 0 radical (unpaired) electrons. The highest BCUT2D eigenvalue weighted by Gasteiger charge is 2.40. The summed E-state index contributed by atoms with van der Waals surface area (Å²) in [5.41, 5.74) is 1.32. The zero-order valence-electron chi connectivity index (χ0n) is 12.1. The first kappa shape index (κ1) is 13.0. The molecule has 2 aliphatic rings. The summed E-state index contributed by atoms with van der Waals surface area (Å²) in [5.74, 6) is 2.94. The first-order valence-electron chi connectivity index (χ1n) is 7.70. The Morgan fingerprint density at radius 1 is 1.26 bits per heavy atom. The average molecular weight is 259 g/mol. The van der Waals surface area contributed by atoms with Gasteiger partial charge in [-0.3, -0.25) is 0 Å². The van der Waals surface area contributed by atoms with Gasteiger partial charge in [-0.1, -0.05) is 31.5 Å². The molecular weight excluding hydrogens is 234 g/mol. The van der Waals surface area contributed by atoms with Crippen LogP contribution in [0.25, 0.3) is 0 Å². The summed E-state index contributed by atoms with van der Waals surface area (Å²) < 4.78 is 5.51. The summed E-state index contributed by atoms with van der Waals surface area (Å²) in [5, 5.41) is 3.91. The van der Waals surface area contributed by atoms with Crippen LogP contribution in [-0.2, 0) is 0 Å². The molecule has 2 bridgehead atoms. The van der Waals surface area contributed by atoms with Gasteiger partial charge in [0.25, 0.3) is 0 Å². The molecule has 0 amide bonds. The Balaban J connectivity index is 1.73. The van der Waals surface area contributed by atoms with Gasteiger partial charge < -0.3 is 10.1 Å². The van der Waals surface area contributed by atoms with Crippen LogP contribution in [0.3, 0.4) is 0 Å². The van der Waals surface area contributed by atoms with Crippen molar-refractivity contribution in [3.63, 3.8) is 0 Å². The summed E-state index contributed by atoms with van der Waals surface area (Å²) >= 11 is 0. The smallest absolute Gasteiger partial charge is 0.123 e. The summed E-state index contributed by atoms with van der Waals surface area (Å²) in [6.07, 6.45) is 6.86. The molecule has 4 atom stereocenters. The first-order valence-corrected chi connectivity index (χ1v) is 7.70. The van der Waals surface area contributed by atoms with Gasteiger partial charge in [0.15, 0.2) is 0 Å². The minimum absolute atomic E-state index is 0.431. The van der Waals surface area contributed by atoms with Crippen LogP contribution < -0.4 is 10.1 Å². The Morgan fingerprint density at radius 3 is 2.74 bits per heavy atom. The van der Waals surface area contributed by atoms with Crippen molar-refractivity contribution in [3.05, 3.63) is 29.8 Å². The molecule has 2 nitrogen and oxygen atoms in total. The number of methoxy groups -OCH3 is 1. The van der Waals surface area contributed by atoms with E-state index in [-0.39, 0.29) is 0 Å². The minimum atomic E-state index is 0.431. The molecule has 104 valence electrons. The SMILES string of the molecule is CCC(NC1CC2CCC1C2)c1ccccc1OC. The fraction of sp³-hybridized carbons (Fsp3) is 0.647. The van der Waals surface area contributed by atoms with Crippen molar-refractivity contribution in [1.29, 1.82) is 0 Å². The summed E-state index contributed by atoms with van der Waals surface area (Å²) in [7, 11) is 1.77. The third kappa shape index (κ3) is 2.51. The third-order valence-electron chi connectivity index (χ3n) is 5.08. The number of hydrogen-bond acceptors (Lipinski definition) is 2. The zero-order chi connectivity index (χ0) is 13.2. The standard InChI is InChI=1S/C17H25NO/c1-3-15(14-6-4-5-7-17(14)19-2)18-16-11-12-8-9-13(16)10-12/h4-7,12-13,15-16,18H,3,8-11H2,1-2H3. The molecule has 2 saturated carbocycles. The quantitative estimate of drug-likeness (QED) is 0.865. The van der Waals surface area contributed by atoms with Crippen molar-refractivity contribution >= 4 is 0 Å². The van der Waals surface area contributed by atoms with Crippen LogP contribution in [0.15, 0.2) is 24.3 Å². The van der Waals surface area contributed by atoms with Crippen LogP contribution in [0.4, 0.5) is 0 Å². The summed E-state index contributed by atoms with van der Waals surface area (Å²) in [4.78, 5) is 0. The lowest BCUT2D eigenvalue weighted by atomic mass is 9.93. The molecule has 0 heterocycles. The first-order chi connectivity index (χ1) is 9.31. The van der Waals surface area contributed by atoms with Crippen molar-refractivity contribution in [2.45, 2.75) is 51.1 Å². The fourth-order valence-corrected chi connectivity index (χ4v) is 4.09. The summed E-state index contributed by atoms with van der Waals surface area (Å²) in [6.45, 7) is 2.26. The number of fused-ring (bicyclic) bond motifs is 2. The molecule has 0 saturated heterocycles. The lowest BCUT2D eigenvalue weighted by molar-refractivity contribution is 0.310. The predicted octanol–water partition coefficient (Wildman–Crippen LogP) is 3.92. The van der Waals surface area contributed by atoms with E-state index in [2.05, 4.69) is 30.4 Å². The second-order valence-corrected chi connectivity index (χ2v) is 6.15. The van der Waals surface area contributed by atoms with Crippen LogP contribution >= 0.6 is 0 Å². The summed E-state index contributed by atoms with van der Waals surface area (Å²) in [6, 6.07) is 9.59. The molecule has 0 aliphatic heterocycles. The largest absolute Gasteiger partial charge is 0.496 e. The van der Waals surface area contributed by atoms with Gasteiger partial charge in [-0.25, -0.2) is 0 Å². The van der Waals surface area contributed by atoms with E-state index < -0.39 is 0 Å². The van der Waals surface area contributed by atoms with E-state index in [1.165, 1.54) is 31.2 Å². The normalized spacial score (nSPS) is 30.5. The average Bonchev–Trinajstić information content (AvgIpc) is 3.07. The van der Waals surface area contributed by atoms with Crippen molar-refractivity contribution in [2.75, 3.05) is 7.11 Å². The minimum Gasteiger partial charge on any atom is -0.496 e. The molecule has 2 fully saturated rings. The molecule has 1 N–H and O–H groups in total. The second kappa shape index (κ2) is 5.54. The van der Waals surface area contributed by atoms with Crippen LogP contribution in [0.1, 0.15) is 50.6 Å². The van der Waals surface area contributed by atoms with Gasteiger partial charge in [0.2, 0.25) is 0 Å². The highest BCUT2D eigenvalue weighted by molar-refractivity contribution is 5.36. The molecule has 4 unspecified atom stereocenters. The van der Waals surface area contributed by atoms with Gasteiger partial charge in [-0.05, 0) is 43.6 Å². The van der Waals surface area contributed by atoms with Crippen LogP contribution in [-0.4, -0.2) is 13.2 Å². The Kier molecular flexibility index (Phi) is 3.79. The zero-order valence-corrected chi connectivity index (χ0v) is 12.1. The third-order valence-corrected chi connectivity index (χ3v) is 5.08. The molecule has 2 aliphatic carbocycles. The molecule has 2 heteroatoms. The topological polar surface area (TPSA) is 21.3 Å². The van der Waals surface area contributed by atoms with Crippen LogP contribution in [0.5, 0.6) is 5.75 Å². The van der Waals surface area contributed by atoms with E-state index in [1.807, 2.05) is 6.07 Å². The highest BCUT2D eigenvalue weighted by atomic mass is 16.5. The van der Waals surface area contributed by atoms with Gasteiger partial charge in [-0.2, -0.15) is 0 Å². The monoisotopic (exact) mass is 259 g/mol. The number of para-hydroxylation sites is 1. The van der Waals surface area contributed by atoms with E-state index in [0.717, 1.165) is 30.0 Å². The van der Waals surface area contributed by atoms with E-state index in [1.54, 1.807) is 7.11 Å². The molecule has 19 heavy (non-hydrogen) atoms. The van der Waals surface area contributed by atoms with E-state index in [9.17, 15) is 0 Å². The molecule has 3 rings (SSSR count). The fourth-order valence-electron chi connectivity index (χ4n) is 4.09. The maximum atomic E-state index is 5.51. The van der Waals surface area contributed by atoms with E-state index in [4.69, 9.17) is 4.74 Å². The van der Waals surface area contributed by atoms with Crippen molar-refractivity contribution in [1.82, 2.24) is 5.32 Å². The Labute approximate surface area is 116 Å². The number of benzene rings is 1. The maximum Gasteiger partial charge on any atom is 0.123 e. The van der Waals surface area contributed by atoms with Gasteiger partial charge >= 0.3 is 0 Å². The van der Waals surface area contributed by atoms with Crippen molar-refractivity contribution in [3.8, 4) is 5.75 Å². The van der Waals surface area contributed by atoms with Crippen LogP contribution in [0.2, 0.25) is 0 Å². The lowest BCUT2D eigenvalue weighted by Crippen LogP contribution is -2.36. The van der Waals surface area contributed by atoms with Crippen molar-refractivity contribution in [2.24, 2.45) is 11.8 Å². The van der Waals surface area contributed by atoms with E-state index in [0.29, 0.717) is 6.04 Å². The van der Waals surface area contributed by atoms with Gasteiger partial charge in [-0.15, -0.1) is 0 Å². The van der Waals surface area contributed by atoms with Gasteiger partial charge in [0.05, 0.1) is 7.11 Å². The van der Waals surface area contributed by atoms with Crippen LogP contribution in [0, 0.1) is 11.8 Å². The lowest BCUT2D eigenvalue weighted by Gasteiger charge is -2.29. The maximum absolute atomic E-state index is 5.51. The molecule has 0 spiro atoms. The Hall–Kier alpha value is -1.02. The predicted molar refractivity (Wildman–Crippen MR) is 78.4 cm³/mol. The highest BCUT2D eigenvalue weighted by Crippen LogP contribution is 2.45. The Morgan fingerprint density at radius 2 is 2.11 bits per heavy atom. The molecular formula is C17H25NO. The number of ether oxygens (including phenoxy) is 1. The number of hydrogen-bond donors (Lipinski definition) is 1. The Bertz CT molecular complexity index is 431. The number of nitrogens with one attached hydrogen (secondary N) is 1. The molecule has 1 aromatic carbocycles. The van der Waals surface area contributed by atoms with Gasteiger partial charge in [0, 0.05) is 17.6 Å². The second-order valence-electron chi connectivity index (χ2n) is 6.15. The van der Waals surface area contributed by atoms with E-state index >= 15 is 0 Å². The van der Waals surface area contributed by atoms with Crippen molar-refractivity contribution < 1.29 is 4.74 Å². The van der Waals surface area contributed by atoms with Gasteiger partial charge in [0.1, 0.15) is 5.75 Å². The number of rotatable bonds is 5.